The van der Waals surface area contributed by atoms with Crippen molar-refractivity contribution in [3.05, 3.63) is 60.2 Å². The highest BCUT2D eigenvalue weighted by molar-refractivity contribution is 14.0. The number of guanidine groups is 1. The average molecular weight is 499 g/mol. The molecule has 3 N–H and O–H groups in total. The average Bonchev–Trinajstić information content (AvgIpc) is 2.73. The van der Waals surface area contributed by atoms with Crippen LogP contribution >= 0.6 is 24.0 Å². The standard InChI is InChI=1S/C21H29N3O3.HI/c1-22-21(24-15-18(16-25)17-7-4-3-5-8-17)23-13-6-14-27-20-11-9-19(26-2)10-12-20;/h3-5,7-12,18,25H,6,13-16H2,1-2H3,(H2,22,23,24);1H. The zero-order valence-electron chi connectivity index (χ0n) is 16.4. The van der Waals surface area contributed by atoms with E-state index in [2.05, 4.69) is 15.6 Å². The number of methoxy groups -OCH3 is 1. The molecule has 1 atom stereocenters. The maximum atomic E-state index is 9.63. The van der Waals surface area contributed by atoms with E-state index in [0.717, 1.165) is 30.0 Å². The van der Waals surface area contributed by atoms with Gasteiger partial charge in [-0.25, -0.2) is 0 Å². The Morgan fingerprint density at radius 1 is 1.04 bits per heavy atom. The number of aliphatic hydroxyl groups is 1. The number of nitrogens with zero attached hydrogens (tertiary/aromatic N) is 1. The van der Waals surface area contributed by atoms with Crippen molar-refractivity contribution in [2.75, 3.05) is 40.5 Å². The summed E-state index contributed by atoms with van der Waals surface area (Å²) in [5.41, 5.74) is 1.11. The first-order chi connectivity index (χ1) is 13.3. The molecule has 0 aromatic heterocycles. The van der Waals surface area contributed by atoms with E-state index in [0.29, 0.717) is 19.1 Å². The van der Waals surface area contributed by atoms with Crippen LogP contribution in [0.1, 0.15) is 17.9 Å². The highest BCUT2D eigenvalue weighted by Crippen LogP contribution is 2.17. The quantitative estimate of drug-likeness (QED) is 0.203. The fourth-order valence-electron chi connectivity index (χ4n) is 2.59. The van der Waals surface area contributed by atoms with Crippen LogP contribution in [0.4, 0.5) is 0 Å². The molecular weight excluding hydrogens is 469 g/mol. The Hall–Kier alpha value is -2.00. The first-order valence-electron chi connectivity index (χ1n) is 9.14. The first-order valence-corrected chi connectivity index (χ1v) is 9.14. The predicted octanol–water partition coefficient (Wildman–Crippen LogP) is 3.02. The molecule has 0 aliphatic rings. The number of nitrogens with one attached hydrogen (secondary N) is 2. The molecule has 0 heterocycles. The summed E-state index contributed by atoms with van der Waals surface area (Å²) in [4.78, 5) is 4.22. The third-order valence-corrected chi connectivity index (χ3v) is 4.17. The summed E-state index contributed by atoms with van der Waals surface area (Å²) >= 11 is 0. The normalized spacial score (nSPS) is 11.9. The Morgan fingerprint density at radius 3 is 2.32 bits per heavy atom. The number of rotatable bonds is 10. The molecule has 28 heavy (non-hydrogen) atoms. The highest BCUT2D eigenvalue weighted by atomic mass is 127. The van der Waals surface area contributed by atoms with Gasteiger partial charge in [-0.3, -0.25) is 4.99 Å². The fourth-order valence-corrected chi connectivity index (χ4v) is 2.59. The molecule has 2 aromatic rings. The van der Waals surface area contributed by atoms with Crippen molar-refractivity contribution in [2.24, 2.45) is 4.99 Å². The van der Waals surface area contributed by atoms with Gasteiger partial charge in [0.15, 0.2) is 5.96 Å². The minimum Gasteiger partial charge on any atom is -0.497 e. The first kappa shape index (κ1) is 24.0. The van der Waals surface area contributed by atoms with Crippen molar-refractivity contribution >= 4 is 29.9 Å². The summed E-state index contributed by atoms with van der Waals surface area (Å²) in [6, 6.07) is 17.5. The Balaban J connectivity index is 0.00000392. The van der Waals surface area contributed by atoms with E-state index in [-0.39, 0.29) is 36.5 Å². The lowest BCUT2D eigenvalue weighted by Crippen LogP contribution is -2.40. The Kier molecular flexibility index (Phi) is 12.1. The second-order valence-corrected chi connectivity index (χ2v) is 6.05. The highest BCUT2D eigenvalue weighted by Gasteiger charge is 2.10. The van der Waals surface area contributed by atoms with E-state index < -0.39 is 0 Å². The third-order valence-electron chi connectivity index (χ3n) is 4.17. The molecule has 0 spiro atoms. The summed E-state index contributed by atoms with van der Waals surface area (Å²) < 4.78 is 10.8. The Morgan fingerprint density at radius 2 is 1.71 bits per heavy atom. The van der Waals surface area contributed by atoms with E-state index in [9.17, 15) is 5.11 Å². The van der Waals surface area contributed by atoms with Crippen molar-refractivity contribution in [3.63, 3.8) is 0 Å². The molecule has 1 unspecified atom stereocenters. The molecular formula is C21H30IN3O3. The van der Waals surface area contributed by atoms with Gasteiger partial charge in [0.1, 0.15) is 11.5 Å². The van der Waals surface area contributed by atoms with Gasteiger partial charge in [0.25, 0.3) is 0 Å². The Labute approximate surface area is 184 Å². The molecule has 0 amide bonds. The zero-order chi connectivity index (χ0) is 19.3. The second-order valence-electron chi connectivity index (χ2n) is 6.05. The van der Waals surface area contributed by atoms with Crippen LogP contribution in [0.2, 0.25) is 0 Å². The molecule has 0 saturated heterocycles. The molecule has 0 fully saturated rings. The van der Waals surface area contributed by atoms with Crippen molar-refractivity contribution in [2.45, 2.75) is 12.3 Å². The van der Waals surface area contributed by atoms with Gasteiger partial charge >= 0.3 is 0 Å². The summed E-state index contributed by atoms with van der Waals surface area (Å²) in [6.45, 7) is 2.05. The van der Waals surface area contributed by atoms with Gasteiger partial charge in [-0.05, 0) is 36.2 Å². The largest absolute Gasteiger partial charge is 0.497 e. The molecule has 0 saturated carbocycles. The maximum absolute atomic E-state index is 9.63. The van der Waals surface area contributed by atoms with Crippen LogP contribution < -0.4 is 20.1 Å². The van der Waals surface area contributed by atoms with Gasteiger partial charge < -0.3 is 25.2 Å². The van der Waals surface area contributed by atoms with Gasteiger partial charge in [0, 0.05) is 26.1 Å². The van der Waals surface area contributed by atoms with Gasteiger partial charge in [0.2, 0.25) is 0 Å². The number of aliphatic imine (C=N–C) groups is 1. The van der Waals surface area contributed by atoms with Crippen molar-refractivity contribution in [3.8, 4) is 11.5 Å². The van der Waals surface area contributed by atoms with Crippen LogP contribution in [-0.2, 0) is 0 Å². The minimum absolute atomic E-state index is 0. The SMILES string of the molecule is CN=C(NCCCOc1ccc(OC)cc1)NCC(CO)c1ccccc1.I. The number of halogens is 1. The molecule has 0 aliphatic carbocycles. The smallest absolute Gasteiger partial charge is 0.191 e. The van der Waals surface area contributed by atoms with Crippen LogP contribution in [0.25, 0.3) is 0 Å². The van der Waals surface area contributed by atoms with Crippen molar-refractivity contribution < 1.29 is 14.6 Å². The van der Waals surface area contributed by atoms with E-state index in [4.69, 9.17) is 9.47 Å². The molecule has 0 bridgehead atoms. The Bertz CT molecular complexity index is 681. The van der Waals surface area contributed by atoms with Gasteiger partial charge in [0.05, 0.1) is 20.3 Å². The van der Waals surface area contributed by atoms with Crippen molar-refractivity contribution in [1.29, 1.82) is 0 Å². The summed E-state index contributed by atoms with van der Waals surface area (Å²) in [5.74, 6) is 2.39. The topological polar surface area (TPSA) is 75.1 Å². The molecule has 0 radical (unpaired) electrons. The minimum atomic E-state index is 0. The number of ether oxygens (including phenoxy) is 2. The molecule has 0 aliphatic heterocycles. The van der Waals surface area contributed by atoms with Gasteiger partial charge in [-0.1, -0.05) is 30.3 Å². The van der Waals surface area contributed by atoms with E-state index in [1.165, 1.54) is 0 Å². The molecule has 154 valence electrons. The molecule has 2 rings (SSSR count). The number of hydrogen-bond acceptors (Lipinski definition) is 4. The lowest BCUT2D eigenvalue weighted by Gasteiger charge is -2.18. The van der Waals surface area contributed by atoms with E-state index in [1.807, 2.05) is 54.6 Å². The van der Waals surface area contributed by atoms with Crippen LogP contribution in [0.3, 0.4) is 0 Å². The number of aliphatic hydroxyl groups excluding tert-OH is 1. The van der Waals surface area contributed by atoms with Gasteiger partial charge in [-0.15, -0.1) is 24.0 Å². The summed E-state index contributed by atoms with van der Waals surface area (Å²) in [5, 5.41) is 16.2. The van der Waals surface area contributed by atoms with Gasteiger partial charge in [-0.2, -0.15) is 0 Å². The maximum Gasteiger partial charge on any atom is 0.191 e. The van der Waals surface area contributed by atoms with Crippen LogP contribution in [0.5, 0.6) is 11.5 Å². The lowest BCUT2D eigenvalue weighted by atomic mass is 10.0. The second kappa shape index (κ2) is 14.1. The van der Waals surface area contributed by atoms with Crippen LogP contribution in [0.15, 0.2) is 59.6 Å². The summed E-state index contributed by atoms with van der Waals surface area (Å²) in [6.07, 6.45) is 0.842. The molecule has 7 heteroatoms. The van der Waals surface area contributed by atoms with Crippen LogP contribution in [-0.4, -0.2) is 51.5 Å². The van der Waals surface area contributed by atoms with E-state index >= 15 is 0 Å². The van der Waals surface area contributed by atoms with Crippen molar-refractivity contribution in [1.82, 2.24) is 10.6 Å². The zero-order valence-corrected chi connectivity index (χ0v) is 18.8. The fraction of sp³-hybridized carbons (Fsp3) is 0.381. The summed E-state index contributed by atoms with van der Waals surface area (Å²) in [7, 11) is 3.38. The molecule has 2 aromatic carbocycles. The van der Waals surface area contributed by atoms with E-state index in [1.54, 1.807) is 14.2 Å². The lowest BCUT2D eigenvalue weighted by molar-refractivity contribution is 0.265. The monoisotopic (exact) mass is 499 g/mol. The third kappa shape index (κ3) is 8.35. The number of hydrogen-bond donors (Lipinski definition) is 3. The predicted molar refractivity (Wildman–Crippen MR) is 124 cm³/mol. The molecule has 6 nitrogen and oxygen atoms in total. The number of benzene rings is 2. The van der Waals surface area contributed by atoms with Crippen LogP contribution in [0, 0.1) is 0 Å².